The van der Waals surface area contributed by atoms with Gasteiger partial charge in [-0.15, -0.1) is 5.10 Å². The normalized spacial score (nSPS) is 15.2. The third-order valence-corrected chi connectivity index (χ3v) is 3.37. The lowest BCUT2D eigenvalue weighted by atomic mass is 9.85. The predicted octanol–water partition coefficient (Wildman–Crippen LogP) is 1.30. The van der Waals surface area contributed by atoms with Crippen LogP contribution in [0.25, 0.3) is 0 Å². The van der Waals surface area contributed by atoms with Gasteiger partial charge in [0.15, 0.2) is 0 Å². The largest absolute Gasteiger partial charge is 0.293 e. The number of nitrogens with zero attached hydrogens (tertiary/aromatic N) is 4. The maximum absolute atomic E-state index is 11.7. The Kier molecular flexibility index (Phi) is 3.26. The lowest BCUT2D eigenvalue weighted by Gasteiger charge is -2.22. The molecule has 1 saturated carbocycles. The third-order valence-electron chi connectivity index (χ3n) is 3.37. The van der Waals surface area contributed by atoms with Gasteiger partial charge >= 0.3 is 0 Å². The van der Waals surface area contributed by atoms with E-state index in [1.807, 2.05) is 12.3 Å². The van der Waals surface area contributed by atoms with E-state index in [4.69, 9.17) is 0 Å². The Morgan fingerprint density at radius 1 is 1.53 bits per heavy atom. The molecule has 3 rings (SSSR count). The predicted molar refractivity (Wildman–Crippen MR) is 68.4 cm³/mol. The fraction of sp³-hybridized carbons (Fsp3) is 0.500. The van der Waals surface area contributed by atoms with Crippen molar-refractivity contribution in [1.82, 2.24) is 25.0 Å². The van der Waals surface area contributed by atoms with Crippen LogP contribution in [-0.2, 0) is 11.3 Å². The fourth-order valence-electron chi connectivity index (χ4n) is 2.03. The van der Waals surface area contributed by atoms with Gasteiger partial charge in [-0.25, -0.2) is 0 Å². The van der Waals surface area contributed by atoms with Gasteiger partial charge in [-0.1, -0.05) is 6.42 Å². The van der Waals surface area contributed by atoms with Gasteiger partial charge in [-0.3, -0.25) is 19.9 Å². The van der Waals surface area contributed by atoms with Crippen molar-refractivity contribution in [2.75, 3.05) is 5.32 Å². The lowest BCUT2D eigenvalue weighted by molar-refractivity contribution is -0.116. The van der Waals surface area contributed by atoms with Crippen LogP contribution < -0.4 is 5.32 Å². The first-order valence-corrected chi connectivity index (χ1v) is 6.51. The maximum Gasteiger partial charge on any atom is 0.248 e. The van der Waals surface area contributed by atoms with Gasteiger partial charge in [0.2, 0.25) is 11.9 Å². The molecule has 2 heterocycles. The minimum atomic E-state index is -0.102. The number of nitrogens with one attached hydrogen (secondary N) is 2. The average Bonchev–Trinajstić information content (AvgIpc) is 2.96. The van der Waals surface area contributed by atoms with E-state index in [9.17, 15) is 4.79 Å². The second-order valence-electron chi connectivity index (χ2n) is 4.74. The molecular formula is C12H16N6O. The van der Waals surface area contributed by atoms with Crippen molar-refractivity contribution in [3.63, 3.8) is 0 Å². The number of hydrogen-bond acceptors (Lipinski definition) is 4. The van der Waals surface area contributed by atoms with Gasteiger partial charge in [0.25, 0.3) is 0 Å². The molecule has 0 atom stereocenters. The molecule has 0 unspecified atom stereocenters. The number of H-pyrrole nitrogens is 1. The Morgan fingerprint density at radius 3 is 3.11 bits per heavy atom. The van der Waals surface area contributed by atoms with E-state index >= 15 is 0 Å². The van der Waals surface area contributed by atoms with Crippen molar-refractivity contribution in [2.45, 2.75) is 38.1 Å². The molecule has 1 fully saturated rings. The van der Waals surface area contributed by atoms with Crippen molar-refractivity contribution < 1.29 is 4.79 Å². The molecule has 2 aromatic rings. The highest BCUT2D eigenvalue weighted by Crippen LogP contribution is 2.34. The molecule has 0 aromatic carbocycles. The number of aryl methyl sites for hydroxylation is 1. The summed E-state index contributed by atoms with van der Waals surface area (Å²) in [5.41, 5.74) is 0. The Labute approximate surface area is 110 Å². The SMILES string of the molecule is O=C(CCn1cccn1)Nc1n[nH]c(C2CCC2)n1. The Bertz CT molecular complexity index is 542. The number of hydrogen-bond donors (Lipinski definition) is 2. The first-order valence-electron chi connectivity index (χ1n) is 6.51. The van der Waals surface area contributed by atoms with Crippen LogP contribution in [0.2, 0.25) is 0 Å². The first-order chi connectivity index (χ1) is 9.31. The molecule has 2 aromatic heterocycles. The zero-order valence-corrected chi connectivity index (χ0v) is 10.5. The highest BCUT2D eigenvalue weighted by atomic mass is 16.1. The Balaban J connectivity index is 1.49. The van der Waals surface area contributed by atoms with Crippen molar-refractivity contribution in [3.8, 4) is 0 Å². The summed E-state index contributed by atoms with van der Waals surface area (Å²) in [6.07, 6.45) is 7.43. The van der Waals surface area contributed by atoms with Gasteiger partial charge < -0.3 is 0 Å². The van der Waals surface area contributed by atoms with E-state index < -0.39 is 0 Å². The zero-order valence-electron chi connectivity index (χ0n) is 10.5. The number of amides is 1. The lowest BCUT2D eigenvalue weighted by Crippen LogP contribution is -2.16. The minimum Gasteiger partial charge on any atom is -0.293 e. The maximum atomic E-state index is 11.7. The van der Waals surface area contributed by atoms with E-state index in [1.165, 1.54) is 6.42 Å². The molecule has 100 valence electrons. The monoisotopic (exact) mass is 260 g/mol. The highest BCUT2D eigenvalue weighted by Gasteiger charge is 2.23. The second-order valence-corrected chi connectivity index (χ2v) is 4.74. The summed E-state index contributed by atoms with van der Waals surface area (Å²) >= 11 is 0. The van der Waals surface area contributed by atoms with E-state index in [2.05, 4.69) is 25.6 Å². The molecule has 1 amide bonds. The van der Waals surface area contributed by atoms with Crippen LogP contribution in [0.5, 0.6) is 0 Å². The van der Waals surface area contributed by atoms with Gasteiger partial charge in [0.05, 0.1) is 0 Å². The van der Waals surface area contributed by atoms with Gasteiger partial charge in [-0.05, 0) is 18.9 Å². The van der Waals surface area contributed by atoms with Crippen molar-refractivity contribution >= 4 is 11.9 Å². The van der Waals surface area contributed by atoms with E-state index in [0.717, 1.165) is 18.7 Å². The summed E-state index contributed by atoms with van der Waals surface area (Å²) in [6.45, 7) is 0.554. The molecule has 19 heavy (non-hydrogen) atoms. The molecule has 0 saturated heterocycles. The number of carbonyl (C=O) groups is 1. The number of aromatic amines is 1. The molecule has 0 bridgehead atoms. The smallest absolute Gasteiger partial charge is 0.248 e. The summed E-state index contributed by atoms with van der Waals surface area (Å²) in [7, 11) is 0. The van der Waals surface area contributed by atoms with Crippen LogP contribution in [0.1, 0.15) is 37.4 Å². The van der Waals surface area contributed by atoms with Crippen LogP contribution in [-0.4, -0.2) is 30.9 Å². The number of anilines is 1. The van der Waals surface area contributed by atoms with Crippen LogP contribution in [0.15, 0.2) is 18.5 Å². The minimum absolute atomic E-state index is 0.102. The van der Waals surface area contributed by atoms with Gasteiger partial charge in [-0.2, -0.15) is 10.1 Å². The summed E-state index contributed by atoms with van der Waals surface area (Å²) in [6, 6.07) is 1.83. The molecular weight excluding hydrogens is 244 g/mol. The fourth-order valence-corrected chi connectivity index (χ4v) is 2.03. The Morgan fingerprint density at radius 2 is 2.42 bits per heavy atom. The van der Waals surface area contributed by atoms with Crippen molar-refractivity contribution in [2.24, 2.45) is 0 Å². The molecule has 0 spiro atoms. The number of aromatic nitrogens is 5. The van der Waals surface area contributed by atoms with Crippen LogP contribution in [0.4, 0.5) is 5.95 Å². The number of rotatable bonds is 5. The van der Waals surface area contributed by atoms with Crippen molar-refractivity contribution in [1.29, 1.82) is 0 Å². The molecule has 0 radical (unpaired) electrons. The average molecular weight is 260 g/mol. The molecule has 7 heteroatoms. The molecule has 1 aliphatic rings. The van der Waals surface area contributed by atoms with E-state index in [0.29, 0.717) is 24.8 Å². The van der Waals surface area contributed by atoms with Crippen LogP contribution >= 0.6 is 0 Å². The summed E-state index contributed by atoms with van der Waals surface area (Å²) in [4.78, 5) is 16.0. The molecule has 2 N–H and O–H groups in total. The van der Waals surface area contributed by atoms with E-state index in [1.54, 1.807) is 10.9 Å². The van der Waals surface area contributed by atoms with Gasteiger partial charge in [0.1, 0.15) is 5.82 Å². The summed E-state index contributed by atoms with van der Waals surface area (Å²) in [5.74, 6) is 1.64. The summed E-state index contributed by atoms with van der Waals surface area (Å²) in [5, 5.41) is 13.6. The van der Waals surface area contributed by atoms with Crippen molar-refractivity contribution in [3.05, 3.63) is 24.3 Å². The van der Waals surface area contributed by atoms with Crippen LogP contribution in [0, 0.1) is 0 Å². The Hall–Kier alpha value is -2.18. The first kappa shape index (κ1) is 11.9. The zero-order chi connectivity index (χ0) is 13.1. The highest BCUT2D eigenvalue weighted by molar-refractivity contribution is 5.88. The molecule has 7 nitrogen and oxygen atoms in total. The molecule has 0 aliphatic heterocycles. The second kappa shape index (κ2) is 5.21. The quantitative estimate of drug-likeness (QED) is 0.848. The third kappa shape index (κ3) is 2.81. The summed E-state index contributed by atoms with van der Waals surface area (Å²) < 4.78 is 1.72. The van der Waals surface area contributed by atoms with Crippen LogP contribution in [0.3, 0.4) is 0 Å². The topological polar surface area (TPSA) is 88.5 Å². The number of carbonyl (C=O) groups excluding carboxylic acids is 1. The van der Waals surface area contributed by atoms with E-state index in [-0.39, 0.29) is 5.91 Å². The standard InChI is InChI=1S/C12H16N6O/c19-10(5-8-18-7-2-6-13-18)14-12-15-11(16-17-12)9-3-1-4-9/h2,6-7,9H,1,3-5,8H2,(H2,14,15,16,17,19). The van der Waals surface area contributed by atoms with Gasteiger partial charge in [0, 0.05) is 31.3 Å². The molecule has 1 aliphatic carbocycles.